The third kappa shape index (κ3) is 3.32. The van der Waals surface area contributed by atoms with E-state index in [4.69, 9.17) is 5.11 Å². The van der Waals surface area contributed by atoms with Gasteiger partial charge in [-0.15, -0.1) is 0 Å². The molecule has 3 N–H and O–H groups in total. The van der Waals surface area contributed by atoms with Gasteiger partial charge in [-0.2, -0.15) is 5.10 Å². The van der Waals surface area contributed by atoms with E-state index in [0.717, 1.165) is 17.2 Å². The highest BCUT2D eigenvalue weighted by molar-refractivity contribution is 6.03. The molecule has 0 aliphatic carbocycles. The zero-order chi connectivity index (χ0) is 14.5. The maximum Gasteiger partial charge on any atom is 0.328 e. The van der Waals surface area contributed by atoms with Gasteiger partial charge < -0.3 is 10.4 Å². The van der Waals surface area contributed by atoms with Gasteiger partial charge in [-0.3, -0.25) is 9.89 Å². The molecule has 1 heterocycles. The summed E-state index contributed by atoms with van der Waals surface area (Å²) in [7, 11) is 0. The Morgan fingerprint density at radius 1 is 1.35 bits per heavy atom. The summed E-state index contributed by atoms with van der Waals surface area (Å²) >= 11 is 0. The number of carboxylic acids is 1. The van der Waals surface area contributed by atoms with E-state index in [-0.39, 0.29) is 5.91 Å². The van der Waals surface area contributed by atoms with Gasteiger partial charge in [0.05, 0.1) is 0 Å². The molecule has 6 nitrogen and oxygen atoms in total. The van der Waals surface area contributed by atoms with E-state index in [9.17, 15) is 9.59 Å². The molecule has 0 aliphatic rings. The van der Waals surface area contributed by atoms with Crippen molar-refractivity contribution in [3.8, 4) is 0 Å². The average molecular weight is 271 g/mol. The maximum atomic E-state index is 11.8. The summed E-state index contributed by atoms with van der Waals surface area (Å²) in [6.45, 7) is 1.86. The van der Waals surface area contributed by atoms with Crippen molar-refractivity contribution in [2.24, 2.45) is 0 Å². The molecule has 0 fully saturated rings. The fourth-order valence-electron chi connectivity index (χ4n) is 1.64. The van der Waals surface area contributed by atoms with Gasteiger partial charge in [0, 0.05) is 18.0 Å². The SMILES string of the molecule is Cc1ccc(NC(=O)c2ccn[nH]2)cc1C=CC(=O)O. The van der Waals surface area contributed by atoms with Crippen molar-refractivity contribution in [2.75, 3.05) is 5.32 Å². The molecule has 2 aromatic rings. The number of carbonyl (C=O) groups excluding carboxylic acids is 1. The van der Waals surface area contributed by atoms with Crippen molar-refractivity contribution < 1.29 is 14.7 Å². The van der Waals surface area contributed by atoms with Gasteiger partial charge in [0.25, 0.3) is 5.91 Å². The van der Waals surface area contributed by atoms with E-state index >= 15 is 0 Å². The minimum Gasteiger partial charge on any atom is -0.478 e. The van der Waals surface area contributed by atoms with Crippen LogP contribution in [0.25, 0.3) is 6.08 Å². The number of hydrogen-bond acceptors (Lipinski definition) is 3. The fourth-order valence-corrected chi connectivity index (χ4v) is 1.64. The first-order valence-corrected chi connectivity index (χ1v) is 5.88. The molecule has 1 amide bonds. The van der Waals surface area contributed by atoms with Gasteiger partial charge >= 0.3 is 5.97 Å². The van der Waals surface area contributed by atoms with Crippen molar-refractivity contribution in [2.45, 2.75) is 6.92 Å². The highest BCUT2D eigenvalue weighted by atomic mass is 16.4. The van der Waals surface area contributed by atoms with Crippen LogP contribution in [-0.4, -0.2) is 27.2 Å². The summed E-state index contributed by atoms with van der Waals surface area (Å²) in [6, 6.07) is 6.84. The minimum atomic E-state index is -1.02. The molecule has 2 rings (SSSR count). The van der Waals surface area contributed by atoms with Crippen LogP contribution in [0.2, 0.25) is 0 Å². The molecule has 1 aromatic heterocycles. The Balaban J connectivity index is 2.19. The number of aromatic amines is 1. The zero-order valence-corrected chi connectivity index (χ0v) is 10.8. The molecular formula is C14H13N3O3. The van der Waals surface area contributed by atoms with Gasteiger partial charge in [-0.25, -0.2) is 4.79 Å². The fraction of sp³-hybridized carbons (Fsp3) is 0.0714. The normalized spacial score (nSPS) is 10.7. The summed E-state index contributed by atoms with van der Waals surface area (Å²) in [5.74, 6) is -1.32. The van der Waals surface area contributed by atoms with E-state index in [2.05, 4.69) is 15.5 Å². The van der Waals surface area contributed by atoms with Gasteiger partial charge in [0.1, 0.15) is 5.69 Å². The second-order valence-electron chi connectivity index (χ2n) is 4.17. The number of nitrogens with one attached hydrogen (secondary N) is 2. The lowest BCUT2D eigenvalue weighted by molar-refractivity contribution is -0.131. The number of hydrogen-bond donors (Lipinski definition) is 3. The summed E-state index contributed by atoms with van der Waals surface area (Å²) in [6.07, 6.45) is 4.04. The van der Waals surface area contributed by atoms with E-state index in [1.54, 1.807) is 18.2 Å². The molecule has 1 aromatic carbocycles. The Labute approximate surface area is 115 Å². The van der Waals surface area contributed by atoms with Gasteiger partial charge in [0.2, 0.25) is 0 Å². The Morgan fingerprint density at radius 2 is 2.15 bits per heavy atom. The highest BCUT2D eigenvalue weighted by Crippen LogP contribution is 2.17. The average Bonchev–Trinajstić information content (AvgIpc) is 2.93. The van der Waals surface area contributed by atoms with E-state index in [0.29, 0.717) is 11.4 Å². The second-order valence-corrected chi connectivity index (χ2v) is 4.17. The summed E-state index contributed by atoms with van der Waals surface area (Å²) in [4.78, 5) is 22.4. The number of benzene rings is 1. The van der Waals surface area contributed by atoms with Crippen LogP contribution in [0.3, 0.4) is 0 Å². The minimum absolute atomic E-state index is 0.306. The van der Waals surface area contributed by atoms with E-state index in [1.807, 2.05) is 13.0 Å². The van der Waals surface area contributed by atoms with E-state index < -0.39 is 5.97 Å². The second kappa shape index (κ2) is 5.83. The number of aliphatic carboxylic acids is 1. The lowest BCUT2D eigenvalue weighted by atomic mass is 10.1. The summed E-state index contributed by atoms with van der Waals surface area (Å²) in [5.41, 5.74) is 2.59. The predicted molar refractivity (Wildman–Crippen MR) is 74.4 cm³/mol. The smallest absolute Gasteiger partial charge is 0.328 e. The first kappa shape index (κ1) is 13.5. The number of anilines is 1. The van der Waals surface area contributed by atoms with Crippen LogP contribution in [0.15, 0.2) is 36.5 Å². The molecule has 0 radical (unpaired) electrons. The van der Waals surface area contributed by atoms with E-state index in [1.165, 1.54) is 12.3 Å². The summed E-state index contributed by atoms with van der Waals surface area (Å²) in [5, 5.41) is 17.6. The first-order chi connectivity index (χ1) is 9.56. The Morgan fingerprint density at radius 3 is 2.80 bits per heavy atom. The topological polar surface area (TPSA) is 95.1 Å². The molecule has 6 heteroatoms. The highest BCUT2D eigenvalue weighted by Gasteiger charge is 2.07. The monoisotopic (exact) mass is 271 g/mol. The lowest BCUT2D eigenvalue weighted by Gasteiger charge is -2.07. The Kier molecular flexibility index (Phi) is 3.95. The number of nitrogens with zero attached hydrogens (tertiary/aromatic N) is 1. The van der Waals surface area contributed by atoms with Crippen LogP contribution in [0.5, 0.6) is 0 Å². The van der Waals surface area contributed by atoms with Crippen molar-refractivity contribution >= 4 is 23.6 Å². The largest absolute Gasteiger partial charge is 0.478 e. The van der Waals surface area contributed by atoms with Gasteiger partial charge in [-0.1, -0.05) is 6.07 Å². The predicted octanol–water partition coefficient (Wildman–Crippen LogP) is 2.07. The molecule has 0 atom stereocenters. The standard InChI is InChI=1S/C14H13N3O3/c1-9-2-4-11(8-10(9)3-5-13(18)19)16-14(20)12-6-7-15-17-12/h2-8H,1H3,(H,15,17)(H,16,20)(H,18,19). The molecule has 0 spiro atoms. The molecular weight excluding hydrogens is 258 g/mol. The molecule has 0 saturated heterocycles. The zero-order valence-electron chi connectivity index (χ0n) is 10.8. The van der Waals surface area contributed by atoms with Crippen molar-refractivity contribution in [1.29, 1.82) is 0 Å². The van der Waals surface area contributed by atoms with Crippen LogP contribution in [0.1, 0.15) is 21.6 Å². The molecule has 0 aliphatic heterocycles. The molecule has 0 bridgehead atoms. The van der Waals surface area contributed by atoms with Gasteiger partial charge in [-0.05, 0) is 42.3 Å². The number of carbonyl (C=O) groups is 2. The van der Waals surface area contributed by atoms with Crippen molar-refractivity contribution in [3.63, 3.8) is 0 Å². The van der Waals surface area contributed by atoms with Crippen LogP contribution in [-0.2, 0) is 4.79 Å². The third-order valence-corrected chi connectivity index (χ3v) is 2.69. The van der Waals surface area contributed by atoms with Crippen LogP contribution < -0.4 is 5.32 Å². The quantitative estimate of drug-likeness (QED) is 0.742. The first-order valence-electron chi connectivity index (χ1n) is 5.88. The molecule has 0 saturated carbocycles. The van der Waals surface area contributed by atoms with Crippen LogP contribution in [0, 0.1) is 6.92 Å². The maximum absolute atomic E-state index is 11.8. The number of aryl methyl sites for hydroxylation is 1. The molecule has 102 valence electrons. The number of rotatable bonds is 4. The number of carboxylic acid groups (broad SMARTS) is 1. The van der Waals surface area contributed by atoms with Crippen molar-refractivity contribution in [1.82, 2.24) is 10.2 Å². The number of amides is 1. The van der Waals surface area contributed by atoms with Crippen molar-refractivity contribution in [3.05, 3.63) is 53.4 Å². The van der Waals surface area contributed by atoms with Gasteiger partial charge in [0.15, 0.2) is 0 Å². The molecule has 0 unspecified atom stereocenters. The number of aromatic nitrogens is 2. The third-order valence-electron chi connectivity index (χ3n) is 2.69. The van der Waals surface area contributed by atoms with Crippen LogP contribution in [0.4, 0.5) is 5.69 Å². The Bertz CT molecular complexity index is 660. The Hall–Kier alpha value is -2.89. The molecule has 20 heavy (non-hydrogen) atoms. The summed E-state index contributed by atoms with van der Waals surface area (Å²) < 4.78 is 0. The number of H-pyrrole nitrogens is 1. The lowest BCUT2D eigenvalue weighted by Crippen LogP contribution is -2.12. The van der Waals surface area contributed by atoms with Crippen LogP contribution >= 0.6 is 0 Å².